The van der Waals surface area contributed by atoms with Crippen LogP contribution in [0.3, 0.4) is 0 Å². The minimum atomic E-state index is -0.405. The van der Waals surface area contributed by atoms with E-state index in [4.69, 9.17) is 0 Å². The van der Waals surface area contributed by atoms with Gasteiger partial charge < -0.3 is 10.3 Å². The van der Waals surface area contributed by atoms with E-state index in [9.17, 15) is 14.0 Å². The molecule has 3 rings (SSSR count). The zero-order chi connectivity index (χ0) is 15.1. The third-order valence-corrected chi connectivity index (χ3v) is 3.63. The molecule has 1 aromatic heterocycles. The molecule has 105 valence electrons. The van der Waals surface area contributed by atoms with Gasteiger partial charge in [-0.25, -0.2) is 4.39 Å². The second-order valence-corrected chi connectivity index (χ2v) is 4.97. The second-order valence-electron chi connectivity index (χ2n) is 4.97. The molecule has 1 amide bonds. The molecule has 0 saturated carbocycles. The summed E-state index contributed by atoms with van der Waals surface area (Å²) in [6, 6.07) is 4.14. The van der Waals surface area contributed by atoms with Gasteiger partial charge >= 0.3 is 0 Å². The van der Waals surface area contributed by atoms with Crippen molar-refractivity contribution >= 4 is 29.5 Å². The van der Waals surface area contributed by atoms with E-state index in [0.717, 1.165) is 0 Å². The fraction of sp³-hybridized carbons (Fsp3) is 0.125. The van der Waals surface area contributed by atoms with Crippen molar-refractivity contribution in [3.8, 4) is 0 Å². The number of aryl methyl sites for hydroxylation is 1. The number of rotatable bonds is 2. The molecule has 21 heavy (non-hydrogen) atoms. The van der Waals surface area contributed by atoms with E-state index in [2.05, 4.69) is 10.3 Å². The molecule has 1 aliphatic rings. The normalized spacial score (nSPS) is 15.2. The number of benzene rings is 1. The molecule has 4 nitrogen and oxygen atoms in total. The SMILES string of the molecule is Cc1[nH]c(/C=C2\C(=O)Nc3ccc(F)cc32)c(C)c1[C]=O. The number of fused-ring (bicyclic) bond motifs is 1. The van der Waals surface area contributed by atoms with Crippen molar-refractivity contribution in [1.29, 1.82) is 0 Å². The van der Waals surface area contributed by atoms with Crippen molar-refractivity contribution in [3.63, 3.8) is 0 Å². The van der Waals surface area contributed by atoms with Gasteiger partial charge in [-0.15, -0.1) is 0 Å². The molecule has 0 unspecified atom stereocenters. The first-order valence-electron chi connectivity index (χ1n) is 6.41. The molecule has 1 radical (unpaired) electrons. The number of nitrogens with one attached hydrogen (secondary N) is 2. The number of hydrogen-bond donors (Lipinski definition) is 2. The van der Waals surface area contributed by atoms with Crippen LogP contribution in [0.4, 0.5) is 10.1 Å². The lowest BCUT2D eigenvalue weighted by Gasteiger charge is -1.99. The van der Waals surface area contributed by atoms with Crippen LogP contribution < -0.4 is 5.32 Å². The maximum absolute atomic E-state index is 13.4. The average molecular weight is 283 g/mol. The van der Waals surface area contributed by atoms with Crippen LogP contribution in [0, 0.1) is 19.7 Å². The lowest BCUT2D eigenvalue weighted by Crippen LogP contribution is -2.03. The quantitative estimate of drug-likeness (QED) is 0.832. The average Bonchev–Trinajstić information content (AvgIpc) is 2.88. The van der Waals surface area contributed by atoms with Gasteiger partial charge in [0.25, 0.3) is 5.91 Å². The predicted molar refractivity (Wildman–Crippen MR) is 78.0 cm³/mol. The van der Waals surface area contributed by atoms with Crippen molar-refractivity contribution in [2.24, 2.45) is 0 Å². The van der Waals surface area contributed by atoms with Crippen molar-refractivity contribution < 1.29 is 14.0 Å². The number of aromatic amines is 1. The largest absolute Gasteiger partial charge is 0.358 e. The minimum absolute atomic E-state index is 0.293. The summed E-state index contributed by atoms with van der Waals surface area (Å²) in [5.74, 6) is -0.698. The number of carbonyl (C=O) groups excluding carboxylic acids is 2. The second kappa shape index (κ2) is 4.70. The van der Waals surface area contributed by atoms with Crippen molar-refractivity contribution in [2.75, 3.05) is 5.32 Å². The van der Waals surface area contributed by atoms with Gasteiger partial charge in [-0.05, 0) is 43.7 Å². The first-order chi connectivity index (χ1) is 10.0. The van der Waals surface area contributed by atoms with Crippen molar-refractivity contribution in [2.45, 2.75) is 13.8 Å². The summed E-state index contributed by atoms with van der Waals surface area (Å²) >= 11 is 0. The first kappa shape index (κ1) is 13.3. The number of aromatic nitrogens is 1. The van der Waals surface area contributed by atoms with Crippen LogP contribution in [0.25, 0.3) is 11.6 Å². The van der Waals surface area contributed by atoms with Crippen LogP contribution in [0.5, 0.6) is 0 Å². The molecule has 0 saturated heterocycles. The highest BCUT2D eigenvalue weighted by Gasteiger charge is 2.25. The minimum Gasteiger partial charge on any atom is -0.358 e. The third-order valence-electron chi connectivity index (χ3n) is 3.63. The number of anilines is 1. The van der Waals surface area contributed by atoms with E-state index in [1.54, 1.807) is 19.9 Å². The maximum atomic E-state index is 13.4. The van der Waals surface area contributed by atoms with E-state index in [1.807, 2.05) is 6.29 Å². The van der Waals surface area contributed by atoms with Gasteiger partial charge in [-0.1, -0.05) is 0 Å². The molecule has 0 bridgehead atoms. The smallest absolute Gasteiger partial charge is 0.256 e. The lowest BCUT2D eigenvalue weighted by molar-refractivity contribution is -0.110. The van der Waals surface area contributed by atoms with Gasteiger partial charge in [0.15, 0.2) is 0 Å². The Bertz CT molecular complexity index is 803. The zero-order valence-electron chi connectivity index (χ0n) is 11.5. The number of halogens is 1. The number of H-pyrrole nitrogens is 1. The van der Waals surface area contributed by atoms with Gasteiger partial charge in [0.1, 0.15) is 5.82 Å². The molecule has 1 aromatic carbocycles. The standard InChI is InChI=1S/C16H12FN2O2/c1-8-13(7-20)9(2)18-15(8)6-12-11-5-10(17)3-4-14(11)19-16(12)21/h3-6,18H,1-2H3,(H,19,21)/b12-6-. The molecule has 0 aliphatic carbocycles. The Morgan fingerprint density at radius 1 is 1.29 bits per heavy atom. The Hall–Kier alpha value is -2.69. The highest BCUT2D eigenvalue weighted by Crippen LogP contribution is 2.34. The van der Waals surface area contributed by atoms with Crippen LogP contribution in [0.2, 0.25) is 0 Å². The van der Waals surface area contributed by atoms with E-state index in [1.165, 1.54) is 18.2 Å². The summed E-state index contributed by atoms with van der Waals surface area (Å²) in [7, 11) is 0. The summed E-state index contributed by atoms with van der Waals surface area (Å²) < 4.78 is 13.4. The van der Waals surface area contributed by atoms with Gasteiger partial charge in [-0.3, -0.25) is 9.59 Å². The van der Waals surface area contributed by atoms with E-state index >= 15 is 0 Å². The zero-order valence-corrected chi connectivity index (χ0v) is 11.5. The van der Waals surface area contributed by atoms with Gasteiger partial charge in [0.2, 0.25) is 6.29 Å². The summed E-state index contributed by atoms with van der Waals surface area (Å²) in [6.07, 6.45) is 3.51. The summed E-state index contributed by atoms with van der Waals surface area (Å²) in [5, 5.41) is 2.68. The van der Waals surface area contributed by atoms with Gasteiger partial charge in [0.05, 0.1) is 11.1 Å². The maximum Gasteiger partial charge on any atom is 0.256 e. The molecule has 2 aromatic rings. The highest BCUT2D eigenvalue weighted by atomic mass is 19.1. The number of hydrogen-bond acceptors (Lipinski definition) is 2. The van der Waals surface area contributed by atoms with Crippen LogP contribution in [0.1, 0.15) is 28.1 Å². The molecule has 5 heteroatoms. The van der Waals surface area contributed by atoms with Crippen LogP contribution in [-0.2, 0) is 9.59 Å². The monoisotopic (exact) mass is 283 g/mol. The molecule has 0 atom stereocenters. The molecular weight excluding hydrogens is 271 g/mol. The fourth-order valence-electron chi connectivity index (χ4n) is 2.52. The first-order valence-corrected chi connectivity index (χ1v) is 6.41. The third kappa shape index (κ3) is 2.07. The van der Waals surface area contributed by atoms with Gasteiger partial charge in [-0.2, -0.15) is 0 Å². The summed E-state index contributed by atoms with van der Waals surface area (Å²) in [5.41, 5.74) is 3.97. The van der Waals surface area contributed by atoms with E-state index in [0.29, 0.717) is 39.3 Å². The summed E-state index contributed by atoms with van der Waals surface area (Å²) in [6.45, 7) is 3.53. The molecule has 0 fully saturated rings. The van der Waals surface area contributed by atoms with Crippen LogP contribution >= 0.6 is 0 Å². The Morgan fingerprint density at radius 3 is 2.71 bits per heavy atom. The van der Waals surface area contributed by atoms with E-state index < -0.39 is 5.82 Å². The van der Waals surface area contributed by atoms with Crippen molar-refractivity contribution in [1.82, 2.24) is 4.98 Å². The number of carbonyl (C=O) groups is 1. The number of amides is 1. The Balaban J connectivity index is 2.15. The summed E-state index contributed by atoms with van der Waals surface area (Å²) in [4.78, 5) is 26.0. The fourth-order valence-corrected chi connectivity index (χ4v) is 2.52. The van der Waals surface area contributed by atoms with Gasteiger partial charge in [0, 0.05) is 22.6 Å². The van der Waals surface area contributed by atoms with Crippen molar-refractivity contribution in [3.05, 3.63) is 52.1 Å². The Labute approximate surface area is 120 Å². The molecule has 2 heterocycles. The molecule has 0 spiro atoms. The van der Waals surface area contributed by atoms with Crippen LogP contribution in [-0.4, -0.2) is 17.2 Å². The Morgan fingerprint density at radius 2 is 2.05 bits per heavy atom. The molecule has 1 aliphatic heterocycles. The van der Waals surface area contributed by atoms with Crippen LogP contribution in [0.15, 0.2) is 18.2 Å². The lowest BCUT2D eigenvalue weighted by atomic mass is 10.0. The highest BCUT2D eigenvalue weighted by molar-refractivity contribution is 6.34. The molecule has 2 N–H and O–H groups in total. The Kier molecular flexibility index (Phi) is 2.97. The van der Waals surface area contributed by atoms with E-state index in [-0.39, 0.29) is 5.91 Å². The predicted octanol–water partition coefficient (Wildman–Crippen LogP) is 2.72. The topological polar surface area (TPSA) is 62.0 Å². The molecular formula is C16H12FN2O2.